The summed E-state index contributed by atoms with van der Waals surface area (Å²) in [7, 11) is 0. The Labute approximate surface area is 118 Å². The first-order chi connectivity index (χ1) is 9.70. The van der Waals surface area contributed by atoms with E-state index in [1.165, 1.54) is 6.20 Å². The van der Waals surface area contributed by atoms with Gasteiger partial charge >= 0.3 is 0 Å². The smallest absolute Gasteiger partial charge is 0.275 e. The van der Waals surface area contributed by atoms with Crippen LogP contribution in [-0.4, -0.2) is 22.4 Å². The van der Waals surface area contributed by atoms with Crippen LogP contribution in [0.1, 0.15) is 29.4 Å². The molecule has 0 atom stereocenters. The van der Waals surface area contributed by atoms with E-state index in [1.807, 2.05) is 31.2 Å². The van der Waals surface area contributed by atoms with E-state index >= 15 is 0 Å². The van der Waals surface area contributed by atoms with Crippen LogP contribution in [0.4, 0.5) is 11.5 Å². The quantitative estimate of drug-likeness (QED) is 0.876. The fraction of sp³-hybridized carbons (Fsp3) is 0.267. The topological polar surface area (TPSA) is 66.9 Å². The van der Waals surface area contributed by atoms with Gasteiger partial charge in [-0.3, -0.25) is 9.78 Å². The van der Waals surface area contributed by atoms with E-state index < -0.39 is 0 Å². The summed E-state index contributed by atoms with van der Waals surface area (Å²) in [6.45, 7) is 4.81. The van der Waals surface area contributed by atoms with Gasteiger partial charge in [0.15, 0.2) is 0 Å². The normalized spacial score (nSPS) is 10.1. The Bertz CT molecular complexity index is 598. The van der Waals surface area contributed by atoms with Crippen LogP contribution in [0.3, 0.4) is 0 Å². The van der Waals surface area contributed by atoms with Gasteiger partial charge < -0.3 is 10.6 Å². The van der Waals surface area contributed by atoms with E-state index in [0.29, 0.717) is 11.5 Å². The lowest BCUT2D eigenvalue weighted by atomic mass is 10.2. The largest absolute Gasteiger partial charge is 0.369 e. The van der Waals surface area contributed by atoms with E-state index in [1.54, 1.807) is 6.20 Å². The van der Waals surface area contributed by atoms with Crippen molar-refractivity contribution in [2.45, 2.75) is 20.3 Å². The SMILES string of the molecule is CCCNc1cncc(C(=O)Nc2ccccc2C)n1. The highest BCUT2D eigenvalue weighted by Crippen LogP contribution is 2.14. The molecule has 0 saturated carbocycles. The number of rotatable bonds is 5. The van der Waals surface area contributed by atoms with Gasteiger partial charge in [-0.05, 0) is 25.0 Å². The third-order valence-corrected chi connectivity index (χ3v) is 2.82. The summed E-state index contributed by atoms with van der Waals surface area (Å²) in [5.74, 6) is 0.358. The summed E-state index contributed by atoms with van der Waals surface area (Å²) >= 11 is 0. The van der Waals surface area contributed by atoms with Gasteiger partial charge in [0.2, 0.25) is 0 Å². The van der Waals surface area contributed by atoms with Gasteiger partial charge in [-0.1, -0.05) is 25.1 Å². The van der Waals surface area contributed by atoms with Crippen molar-refractivity contribution in [3.05, 3.63) is 47.9 Å². The molecule has 0 fully saturated rings. The number of nitrogens with zero attached hydrogens (tertiary/aromatic N) is 2. The minimum absolute atomic E-state index is 0.257. The molecular weight excluding hydrogens is 252 g/mol. The lowest BCUT2D eigenvalue weighted by molar-refractivity contribution is 0.102. The van der Waals surface area contributed by atoms with E-state index in [0.717, 1.165) is 24.2 Å². The third-order valence-electron chi connectivity index (χ3n) is 2.82. The predicted octanol–water partition coefficient (Wildman–Crippen LogP) is 2.86. The van der Waals surface area contributed by atoms with Gasteiger partial charge in [0.05, 0.1) is 12.4 Å². The maximum absolute atomic E-state index is 12.2. The number of aryl methyl sites for hydroxylation is 1. The highest BCUT2D eigenvalue weighted by Gasteiger charge is 2.10. The maximum Gasteiger partial charge on any atom is 0.275 e. The molecule has 2 N–H and O–H groups in total. The minimum Gasteiger partial charge on any atom is -0.369 e. The van der Waals surface area contributed by atoms with Crippen LogP contribution in [0.2, 0.25) is 0 Å². The molecule has 0 unspecified atom stereocenters. The number of benzene rings is 1. The van der Waals surface area contributed by atoms with Crippen molar-refractivity contribution >= 4 is 17.4 Å². The Balaban J connectivity index is 2.11. The molecule has 20 heavy (non-hydrogen) atoms. The van der Waals surface area contributed by atoms with Crippen molar-refractivity contribution in [1.29, 1.82) is 0 Å². The monoisotopic (exact) mass is 270 g/mol. The Morgan fingerprint density at radius 1 is 1.25 bits per heavy atom. The molecule has 1 heterocycles. The second-order valence-electron chi connectivity index (χ2n) is 4.49. The number of amides is 1. The average molecular weight is 270 g/mol. The molecule has 0 aliphatic carbocycles. The molecule has 0 aliphatic heterocycles. The standard InChI is InChI=1S/C15H18N4O/c1-3-8-17-14-10-16-9-13(18-14)15(20)19-12-7-5-4-6-11(12)2/h4-7,9-10H,3,8H2,1-2H3,(H,17,18)(H,19,20). The number of para-hydroxylation sites is 1. The van der Waals surface area contributed by atoms with Crippen LogP contribution >= 0.6 is 0 Å². The van der Waals surface area contributed by atoms with Crippen molar-refractivity contribution in [3.63, 3.8) is 0 Å². The van der Waals surface area contributed by atoms with Crippen molar-refractivity contribution in [3.8, 4) is 0 Å². The third kappa shape index (κ3) is 3.54. The maximum atomic E-state index is 12.2. The lowest BCUT2D eigenvalue weighted by Crippen LogP contribution is -2.16. The van der Waals surface area contributed by atoms with Crippen molar-refractivity contribution in [2.75, 3.05) is 17.2 Å². The van der Waals surface area contributed by atoms with Gasteiger partial charge in [0.25, 0.3) is 5.91 Å². The number of carbonyl (C=O) groups is 1. The molecule has 1 aromatic carbocycles. The number of anilines is 2. The zero-order valence-corrected chi connectivity index (χ0v) is 11.7. The molecule has 2 rings (SSSR count). The van der Waals surface area contributed by atoms with Gasteiger partial charge in [-0.2, -0.15) is 0 Å². The number of hydrogen-bond acceptors (Lipinski definition) is 4. The zero-order chi connectivity index (χ0) is 14.4. The Hall–Kier alpha value is -2.43. The number of aromatic nitrogens is 2. The highest BCUT2D eigenvalue weighted by atomic mass is 16.1. The van der Waals surface area contributed by atoms with E-state index in [2.05, 4.69) is 27.5 Å². The van der Waals surface area contributed by atoms with Crippen LogP contribution in [-0.2, 0) is 0 Å². The molecule has 5 heteroatoms. The Morgan fingerprint density at radius 2 is 2.05 bits per heavy atom. The molecule has 2 aromatic rings. The summed E-state index contributed by atoms with van der Waals surface area (Å²) < 4.78 is 0. The second-order valence-corrected chi connectivity index (χ2v) is 4.49. The molecule has 0 aliphatic rings. The number of nitrogens with one attached hydrogen (secondary N) is 2. The Morgan fingerprint density at radius 3 is 2.80 bits per heavy atom. The highest BCUT2D eigenvalue weighted by molar-refractivity contribution is 6.03. The fourth-order valence-corrected chi connectivity index (χ4v) is 1.71. The zero-order valence-electron chi connectivity index (χ0n) is 11.7. The van der Waals surface area contributed by atoms with E-state index in [4.69, 9.17) is 0 Å². The first kappa shape index (κ1) is 14.0. The predicted molar refractivity (Wildman–Crippen MR) is 79.9 cm³/mol. The van der Waals surface area contributed by atoms with Gasteiger partial charge in [0, 0.05) is 12.2 Å². The second kappa shape index (κ2) is 6.65. The molecule has 5 nitrogen and oxygen atoms in total. The fourth-order valence-electron chi connectivity index (χ4n) is 1.71. The molecular formula is C15H18N4O. The summed E-state index contributed by atoms with van der Waals surface area (Å²) in [4.78, 5) is 20.4. The van der Waals surface area contributed by atoms with Crippen LogP contribution in [0.5, 0.6) is 0 Å². The Kier molecular flexibility index (Phi) is 4.65. The van der Waals surface area contributed by atoms with Gasteiger partial charge in [-0.15, -0.1) is 0 Å². The van der Waals surface area contributed by atoms with E-state index in [9.17, 15) is 4.79 Å². The van der Waals surface area contributed by atoms with Crippen LogP contribution in [0.25, 0.3) is 0 Å². The number of hydrogen-bond donors (Lipinski definition) is 2. The first-order valence-corrected chi connectivity index (χ1v) is 6.63. The summed E-state index contributed by atoms with van der Waals surface area (Å²) in [5.41, 5.74) is 2.09. The summed E-state index contributed by atoms with van der Waals surface area (Å²) in [6, 6.07) is 7.62. The van der Waals surface area contributed by atoms with Gasteiger partial charge in [0.1, 0.15) is 11.5 Å². The van der Waals surface area contributed by atoms with E-state index in [-0.39, 0.29) is 5.91 Å². The van der Waals surface area contributed by atoms with Crippen LogP contribution in [0.15, 0.2) is 36.7 Å². The molecule has 0 radical (unpaired) electrons. The minimum atomic E-state index is -0.257. The average Bonchev–Trinajstić information content (AvgIpc) is 2.48. The first-order valence-electron chi connectivity index (χ1n) is 6.63. The molecule has 0 bridgehead atoms. The summed E-state index contributed by atoms with van der Waals surface area (Å²) in [5, 5.41) is 5.95. The van der Waals surface area contributed by atoms with Crippen molar-refractivity contribution < 1.29 is 4.79 Å². The molecule has 104 valence electrons. The lowest BCUT2D eigenvalue weighted by Gasteiger charge is -2.08. The molecule has 1 amide bonds. The molecule has 0 spiro atoms. The van der Waals surface area contributed by atoms with Crippen molar-refractivity contribution in [2.24, 2.45) is 0 Å². The van der Waals surface area contributed by atoms with Crippen LogP contribution in [0, 0.1) is 6.92 Å². The van der Waals surface area contributed by atoms with Gasteiger partial charge in [-0.25, -0.2) is 4.98 Å². The number of carbonyl (C=O) groups excluding carboxylic acids is 1. The van der Waals surface area contributed by atoms with Crippen LogP contribution < -0.4 is 10.6 Å². The van der Waals surface area contributed by atoms with Crippen molar-refractivity contribution in [1.82, 2.24) is 9.97 Å². The molecule has 0 saturated heterocycles. The summed E-state index contributed by atoms with van der Waals surface area (Å²) in [6.07, 6.45) is 4.06. The molecule has 1 aromatic heterocycles.